The van der Waals surface area contributed by atoms with Gasteiger partial charge in [-0.25, -0.2) is 0 Å². The zero-order valence-electron chi connectivity index (χ0n) is 9.62. The van der Waals surface area contributed by atoms with Crippen LogP contribution >= 0.6 is 0 Å². The molecule has 0 aromatic rings. The number of carbonyl (C=O) groups excluding carboxylic acids is 1. The summed E-state index contributed by atoms with van der Waals surface area (Å²) in [5, 5.41) is 11.8. The Labute approximate surface area is 91.2 Å². The minimum atomic E-state index is -0.258. The van der Waals surface area contributed by atoms with Crippen molar-refractivity contribution in [3.05, 3.63) is 0 Å². The second kappa shape index (κ2) is 4.94. The number of nitrogens with two attached hydrogens (primary N) is 1. The zero-order chi connectivity index (χ0) is 11.5. The lowest BCUT2D eigenvalue weighted by atomic mass is 9.75. The maximum Gasteiger partial charge on any atom is 0.222 e. The number of hydrogen-bond donors (Lipinski definition) is 3. The van der Waals surface area contributed by atoms with Crippen LogP contribution in [0, 0.1) is 5.92 Å². The lowest BCUT2D eigenvalue weighted by Gasteiger charge is -2.37. The maximum atomic E-state index is 11.6. The summed E-state index contributed by atoms with van der Waals surface area (Å²) in [5.41, 5.74) is 5.72. The molecule has 15 heavy (non-hydrogen) atoms. The molecule has 2 atom stereocenters. The lowest BCUT2D eigenvalue weighted by Crippen LogP contribution is -2.51. The molecule has 4 heteroatoms. The average Bonchev–Trinajstić information content (AvgIpc) is 2.13. The van der Waals surface area contributed by atoms with E-state index >= 15 is 0 Å². The van der Waals surface area contributed by atoms with E-state index in [1.165, 1.54) is 0 Å². The third-order valence-electron chi connectivity index (χ3n) is 3.39. The average molecular weight is 214 g/mol. The minimum Gasteiger partial charge on any atom is -0.396 e. The number of amides is 1. The highest BCUT2D eigenvalue weighted by molar-refractivity contribution is 5.77. The molecule has 1 aliphatic rings. The Hall–Kier alpha value is -0.610. The van der Waals surface area contributed by atoms with Gasteiger partial charge in [0.15, 0.2) is 0 Å². The van der Waals surface area contributed by atoms with E-state index in [2.05, 4.69) is 5.32 Å². The molecule has 0 spiro atoms. The largest absolute Gasteiger partial charge is 0.396 e. The van der Waals surface area contributed by atoms with E-state index in [9.17, 15) is 4.79 Å². The molecule has 1 fully saturated rings. The van der Waals surface area contributed by atoms with Crippen molar-refractivity contribution in [3.63, 3.8) is 0 Å². The predicted molar refractivity (Wildman–Crippen MR) is 59.2 cm³/mol. The molecule has 0 aliphatic heterocycles. The summed E-state index contributed by atoms with van der Waals surface area (Å²) in [4.78, 5) is 11.6. The van der Waals surface area contributed by atoms with Crippen molar-refractivity contribution < 1.29 is 9.90 Å². The first-order valence-corrected chi connectivity index (χ1v) is 5.66. The van der Waals surface area contributed by atoms with Crippen molar-refractivity contribution in [1.29, 1.82) is 0 Å². The third-order valence-corrected chi connectivity index (χ3v) is 3.39. The van der Waals surface area contributed by atoms with Crippen LogP contribution in [0.3, 0.4) is 0 Å². The van der Waals surface area contributed by atoms with E-state index in [-0.39, 0.29) is 30.0 Å². The molecule has 0 saturated heterocycles. The molecule has 1 rings (SSSR count). The van der Waals surface area contributed by atoms with Gasteiger partial charge in [0.2, 0.25) is 5.91 Å². The smallest absolute Gasteiger partial charge is 0.222 e. The highest BCUT2D eigenvalue weighted by Crippen LogP contribution is 2.31. The van der Waals surface area contributed by atoms with Crippen molar-refractivity contribution in [2.75, 3.05) is 6.61 Å². The Balaban J connectivity index is 2.29. The fourth-order valence-corrected chi connectivity index (χ4v) is 1.73. The van der Waals surface area contributed by atoms with Crippen molar-refractivity contribution in [2.45, 2.75) is 51.1 Å². The molecule has 88 valence electrons. The van der Waals surface area contributed by atoms with Gasteiger partial charge in [-0.2, -0.15) is 0 Å². The first-order valence-electron chi connectivity index (χ1n) is 5.66. The van der Waals surface area contributed by atoms with Crippen LogP contribution in [0.1, 0.15) is 39.5 Å². The van der Waals surface area contributed by atoms with Crippen molar-refractivity contribution in [1.82, 2.24) is 5.32 Å². The van der Waals surface area contributed by atoms with Gasteiger partial charge in [0.05, 0.1) is 0 Å². The molecule has 1 saturated carbocycles. The third kappa shape index (κ3) is 3.47. The van der Waals surface area contributed by atoms with E-state index in [4.69, 9.17) is 10.8 Å². The summed E-state index contributed by atoms with van der Waals surface area (Å²) in [7, 11) is 0. The summed E-state index contributed by atoms with van der Waals surface area (Å²) in [6.45, 7) is 3.91. The SMILES string of the molecule is CC(CO)C(C)NC(=O)CC1(N)CCC1. The van der Waals surface area contributed by atoms with Crippen molar-refractivity contribution in [2.24, 2.45) is 11.7 Å². The molecule has 0 bridgehead atoms. The number of hydrogen-bond acceptors (Lipinski definition) is 3. The fourth-order valence-electron chi connectivity index (χ4n) is 1.73. The van der Waals surface area contributed by atoms with Crippen LogP contribution < -0.4 is 11.1 Å². The van der Waals surface area contributed by atoms with Gasteiger partial charge in [0.1, 0.15) is 0 Å². The number of aliphatic hydroxyl groups is 1. The standard InChI is InChI=1S/C11H22N2O2/c1-8(7-14)9(2)13-10(15)6-11(12)4-3-5-11/h8-9,14H,3-7,12H2,1-2H3,(H,13,15). The number of aliphatic hydroxyl groups excluding tert-OH is 1. The van der Waals surface area contributed by atoms with Crippen molar-refractivity contribution >= 4 is 5.91 Å². The van der Waals surface area contributed by atoms with Gasteiger partial charge in [-0.05, 0) is 32.1 Å². The summed E-state index contributed by atoms with van der Waals surface area (Å²) in [5.74, 6) is 0.0917. The zero-order valence-corrected chi connectivity index (χ0v) is 9.62. The van der Waals surface area contributed by atoms with Crippen LogP contribution in [0.4, 0.5) is 0 Å². The predicted octanol–water partition coefficient (Wildman–Crippen LogP) is 0.391. The maximum absolute atomic E-state index is 11.6. The van der Waals surface area contributed by atoms with Gasteiger partial charge in [0, 0.05) is 24.6 Å². The number of carbonyl (C=O) groups is 1. The number of nitrogens with one attached hydrogen (secondary N) is 1. The van der Waals surface area contributed by atoms with Gasteiger partial charge in [-0.1, -0.05) is 6.92 Å². The van der Waals surface area contributed by atoms with E-state index in [0.29, 0.717) is 6.42 Å². The molecule has 4 nitrogen and oxygen atoms in total. The Kier molecular flexibility index (Phi) is 4.11. The van der Waals surface area contributed by atoms with E-state index in [1.807, 2.05) is 13.8 Å². The topological polar surface area (TPSA) is 75.3 Å². The second-order valence-electron chi connectivity index (χ2n) is 4.91. The normalized spacial score (nSPS) is 22.7. The Morgan fingerprint density at radius 3 is 2.53 bits per heavy atom. The molecule has 4 N–H and O–H groups in total. The quantitative estimate of drug-likeness (QED) is 0.619. The molecule has 0 aromatic heterocycles. The van der Waals surface area contributed by atoms with E-state index in [0.717, 1.165) is 19.3 Å². The highest BCUT2D eigenvalue weighted by Gasteiger charge is 2.34. The molecular weight excluding hydrogens is 192 g/mol. The fraction of sp³-hybridized carbons (Fsp3) is 0.909. The first-order chi connectivity index (χ1) is 6.97. The van der Waals surface area contributed by atoms with Gasteiger partial charge >= 0.3 is 0 Å². The monoisotopic (exact) mass is 214 g/mol. The van der Waals surface area contributed by atoms with Crippen LogP contribution in [-0.4, -0.2) is 29.2 Å². The molecule has 0 radical (unpaired) electrons. The van der Waals surface area contributed by atoms with Crippen LogP contribution in [-0.2, 0) is 4.79 Å². The summed E-state index contributed by atoms with van der Waals surface area (Å²) in [6.07, 6.45) is 3.44. The van der Waals surface area contributed by atoms with Gasteiger partial charge in [-0.15, -0.1) is 0 Å². The highest BCUT2D eigenvalue weighted by atomic mass is 16.3. The van der Waals surface area contributed by atoms with Crippen molar-refractivity contribution in [3.8, 4) is 0 Å². The minimum absolute atomic E-state index is 0.00463. The molecule has 0 aromatic carbocycles. The van der Waals surface area contributed by atoms with E-state index in [1.54, 1.807) is 0 Å². The molecule has 2 unspecified atom stereocenters. The summed E-state index contributed by atoms with van der Waals surface area (Å²) >= 11 is 0. The summed E-state index contributed by atoms with van der Waals surface area (Å²) < 4.78 is 0. The Morgan fingerprint density at radius 2 is 2.13 bits per heavy atom. The summed E-state index contributed by atoms with van der Waals surface area (Å²) in [6, 6.07) is 0.00572. The van der Waals surface area contributed by atoms with Gasteiger partial charge in [0.25, 0.3) is 0 Å². The Morgan fingerprint density at radius 1 is 1.53 bits per heavy atom. The second-order valence-corrected chi connectivity index (χ2v) is 4.91. The van der Waals surface area contributed by atoms with Crippen LogP contribution in [0.2, 0.25) is 0 Å². The van der Waals surface area contributed by atoms with Gasteiger partial charge < -0.3 is 16.2 Å². The number of rotatable bonds is 5. The van der Waals surface area contributed by atoms with E-state index < -0.39 is 0 Å². The lowest BCUT2D eigenvalue weighted by molar-refractivity contribution is -0.124. The molecule has 0 heterocycles. The molecule has 1 aliphatic carbocycles. The molecular formula is C11H22N2O2. The van der Waals surface area contributed by atoms with Crippen LogP contribution in [0.25, 0.3) is 0 Å². The Bertz CT molecular complexity index is 227. The van der Waals surface area contributed by atoms with Crippen LogP contribution in [0.5, 0.6) is 0 Å². The molecule has 1 amide bonds. The van der Waals surface area contributed by atoms with Gasteiger partial charge in [-0.3, -0.25) is 4.79 Å². The van der Waals surface area contributed by atoms with Crippen LogP contribution in [0.15, 0.2) is 0 Å². The first kappa shape index (κ1) is 12.5.